The molecule has 0 aliphatic rings. The van der Waals surface area contributed by atoms with E-state index in [9.17, 15) is 0 Å². The molecule has 2 nitrogen and oxygen atoms in total. The average Bonchev–Trinajstić information content (AvgIpc) is 1.89. The summed E-state index contributed by atoms with van der Waals surface area (Å²) in [6, 6.07) is 0. The van der Waals surface area contributed by atoms with E-state index in [1.807, 2.05) is 0 Å². The number of halogens is 2. The van der Waals surface area contributed by atoms with Crippen molar-refractivity contribution in [2.45, 2.75) is 5.33 Å². The first kappa shape index (κ1) is 7.15. The summed E-state index contributed by atoms with van der Waals surface area (Å²) in [6.07, 6.45) is 3.28. The predicted octanol–water partition coefficient (Wildman–Crippen LogP) is 2.13. The standard InChI is InChI=1S/C5H4Br2N2/c6-1-4-2-8-3-9-5(4)7/h2-3H,1H2. The van der Waals surface area contributed by atoms with Gasteiger partial charge in [0.15, 0.2) is 0 Å². The van der Waals surface area contributed by atoms with Crippen molar-refractivity contribution < 1.29 is 0 Å². The van der Waals surface area contributed by atoms with Gasteiger partial charge < -0.3 is 0 Å². The molecule has 1 rings (SSSR count). The summed E-state index contributed by atoms with van der Waals surface area (Å²) in [5.74, 6) is 0. The first-order valence-electron chi connectivity index (χ1n) is 2.35. The van der Waals surface area contributed by atoms with E-state index in [1.54, 1.807) is 6.20 Å². The first-order chi connectivity index (χ1) is 4.34. The minimum Gasteiger partial charge on any atom is -0.244 e. The van der Waals surface area contributed by atoms with E-state index >= 15 is 0 Å². The van der Waals surface area contributed by atoms with Crippen molar-refractivity contribution >= 4 is 31.9 Å². The summed E-state index contributed by atoms with van der Waals surface area (Å²) < 4.78 is 0.856. The molecule has 0 unspecified atom stereocenters. The molecule has 0 atom stereocenters. The van der Waals surface area contributed by atoms with Gasteiger partial charge in [0.2, 0.25) is 0 Å². The lowest BCUT2D eigenvalue weighted by Crippen LogP contribution is -1.85. The minimum absolute atomic E-state index is 0.786. The van der Waals surface area contributed by atoms with Crippen LogP contribution >= 0.6 is 31.9 Å². The number of nitrogens with zero attached hydrogens (tertiary/aromatic N) is 2. The maximum absolute atomic E-state index is 3.93. The lowest BCUT2D eigenvalue weighted by Gasteiger charge is -1.93. The van der Waals surface area contributed by atoms with Crippen LogP contribution in [0.1, 0.15) is 5.56 Å². The van der Waals surface area contributed by atoms with E-state index in [-0.39, 0.29) is 0 Å². The van der Waals surface area contributed by atoms with E-state index in [4.69, 9.17) is 0 Å². The molecule has 0 amide bonds. The summed E-state index contributed by atoms with van der Waals surface area (Å²) in [4.78, 5) is 7.77. The Kier molecular flexibility index (Phi) is 2.60. The highest BCUT2D eigenvalue weighted by molar-refractivity contribution is 9.10. The van der Waals surface area contributed by atoms with Crippen molar-refractivity contribution in [3.05, 3.63) is 22.7 Å². The minimum atomic E-state index is 0.786. The summed E-state index contributed by atoms with van der Waals surface area (Å²) in [7, 11) is 0. The molecule has 1 heterocycles. The number of hydrogen-bond donors (Lipinski definition) is 0. The van der Waals surface area contributed by atoms with Crippen LogP contribution in [-0.4, -0.2) is 9.97 Å². The number of alkyl halides is 1. The highest BCUT2D eigenvalue weighted by Gasteiger charge is 1.95. The van der Waals surface area contributed by atoms with Crippen LogP contribution in [0, 0.1) is 0 Å². The van der Waals surface area contributed by atoms with E-state index in [0.717, 1.165) is 15.5 Å². The molecule has 48 valence electrons. The summed E-state index contributed by atoms with van der Waals surface area (Å²) in [5, 5.41) is 0.786. The zero-order valence-electron chi connectivity index (χ0n) is 4.51. The fourth-order valence-corrected chi connectivity index (χ4v) is 1.55. The molecule has 9 heavy (non-hydrogen) atoms. The lowest BCUT2D eigenvalue weighted by atomic mass is 10.4. The van der Waals surface area contributed by atoms with Gasteiger partial charge in [-0.1, -0.05) is 15.9 Å². The van der Waals surface area contributed by atoms with Gasteiger partial charge in [-0.05, 0) is 15.9 Å². The van der Waals surface area contributed by atoms with E-state index in [0.29, 0.717) is 0 Å². The Morgan fingerprint density at radius 1 is 1.56 bits per heavy atom. The second kappa shape index (κ2) is 3.27. The Labute approximate surface area is 70.0 Å². The molecule has 1 aromatic heterocycles. The van der Waals surface area contributed by atoms with Crippen LogP contribution in [-0.2, 0) is 5.33 Å². The van der Waals surface area contributed by atoms with Gasteiger partial charge in [-0.25, -0.2) is 9.97 Å². The van der Waals surface area contributed by atoms with Gasteiger partial charge in [-0.3, -0.25) is 0 Å². The third-order valence-corrected chi connectivity index (χ3v) is 2.20. The Bertz CT molecular complexity index is 202. The van der Waals surface area contributed by atoms with Crippen molar-refractivity contribution in [2.24, 2.45) is 0 Å². The van der Waals surface area contributed by atoms with Crippen LogP contribution in [0.25, 0.3) is 0 Å². The van der Waals surface area contributed by atoms with Crippen LogP contribution in [0.15, 0.2) is 17.1 Å². The highest BCUT2D eigenvalue weighted by Crippen LogP contribution is 2.13. The van der Waals surface area contributed by atoms with Gasteiger partial charge in [0.25, 0.3) is 0 Å². The largest absolute Gasteiger partial charge is 0.244 e. The monoisotopic (exact) mass is 250 g/mol. The van der Waals surface area contributed by atoms with Gasteiger partial charge in [-0.15, -0.1) is 0 Å². The van der Waals surface area contributed by atoms with Crippen molar-refractivity contribution in [1.29, 1.82) is 0 Å². The molecule has 0 aliphatic carbocycles. The van der Waals surface area contributed by atoms with Gasteiger partial charge in [0.1, 0.15) is 10.9 Å². The van der Waals surface area contributed by atoms with Crippen LogP contribution < -0.4 is 0 Å². The molecular weight excluding hydrogens is 248 g/mol. The average molecular weight is 252 g/mol. The molecule has 0 fully saturated rings. The van der Waals surface area contributed by atoms with Crippen LogP contribution in [0.3, 0.4) is 0 Å². The smallest absolute Gasteiger partial charge is 0.116 e. The molecule has 0 saturated heterocycles. The SMILES string of the molecule is BrCc1cncnc1Br. The first-order valence-corrected chi connectivity index (χ1v) is 4.26. The van der Waals surface area contributed by atoms with Crippen LogP contribution in [0.2, 0.25) is 0 Å². The second-order valence-electron chi connectivity index (χ2n) is 1.47. The summed E-state index contributed by atoms with van der Waals surface area (Å²) in [5.41, 5.74) is 1.07. The number of aromatic nitrogens is 2. The zero-order valence-corrected chi connectivity index (χ0v) is 7.68. The van der Waals surface area contributed by atoms with E-state index < -0.39 is 0 Å². The Morgan fingerprint density at radius 2 is 2.33 bits per heavy atom. The molecule has 0 saturated carbocycles. The summed E-state index contributed by atoms with van der Waals surface area (Å²) in [6.45, 7) is 0. The summed E-state index contributed by atoms with van der Waals surface area (Å²) >= 11 is 6.57. The maximum Gasteiger partial charge on any atom is 0.116 e. The second-order valence-corrected chi connectivity index (χ2v) is 2.78. The molecule has 4 heteroatoms. The molecular formula is C5H4Br2N2. The molecule has 0 bridgehead atoms. The van der Waals surface area contributed by atoms with Crippen LogP contribution in [0.4, 0.5) is 0 Å². The molecule has 0 spiro atoms. The third kappa shape index (κ3) is 1.72. The van der Waals surface area contributed by atoms with Crippen molar-refractivity contribution in [2.75, 3.05) is 0 Å². The quantitative estimate of drug-likeness (QED) is 0.565. The Balaban J connectivity index is 3.01. The lowest BCUT2D eigenvalue weighted by molar-refractivity contribution is 1.09. The topological polar surface area (TPSA) is 25.8 Å². The molecule has 1 aromatic rings. The molecule has 0 aliphatic heterocycles. The predicted molar refractivity (Wildman–Crippen MR) is 42.4 cm³/mol. The number of hydrogen-bond acceptors (Lipinski definition) is 2. The molecule has 0 aromatic carbocycles. The normalized spacial score (nSPS) is 9.56. The maximum atomic E-state index is 3.93. The van der Waals surface area contributed by atoms with E-state index in [2.05, 4.69) is 41.8 Å². The number of rotatable bonds is 1. The Hall–Kier alpha value is 0.0400. The third-order valence-electron chi connectivity index (χ3n) is 0.877. The highest BCUT2D eigenvalue weighted by atomic mass is 79.9. The fourth-order valence-electron chi connectivity index (χ4n) is 0.433. The zero-order chi connectivity index (χ0) is 6.69. The van der Waals surface area contributed by atoms with Crippen molar-refractivity contribution in [3.63, 3.8) is 0 Å². The van der Waals surface area contributed by atoms with Crippen molar-refractivity contribution in [3.8, 4) is 0 Å². The van der Waals surface area contributed by atoms with Crippen molar-refractivity contribution in [1.82, 2.24) is 9.97 Å². The Morgan fingerprint density at radius 3 is 2.78 bits per heavy atom. The van der Waals surface area contributed by atoms with Gasteiger partial charge in [-0.2, -0.15) is 0 Å². The van der Waals surface area contributed by atoms with Gasteiger partial charge >= 0.3 is 0 Å². The van der Waals surface area contributed by atoms with Gasteiger partial charge in [0, 0.05) is 17.1 Å². The van der Waals surface area contributed by atoms with Crippen LogP contribution in [0.5, 0.6) is 0 Å². The molecule has 0 N–H and O–H groups in total. The molecule has 0 radical (unpaired) electrons. The fraction of sp³-hybridized carbons (Fsp3) is 0.200. The van der Waals surface area contributed by atoms with E-state index in [1.165, 1.54) is 6.33 Å². The van der Waals surface area contributed by atoms with Gasteiger partial charge in [0.05, 0.1) is 0 Å².